The lowest BCUT2D eigenvalue weighted by Crippen LogP contribution is -2.33. The van der Waals surface area contributed by atoms with Crippen molar-refractivity contribution in [1.29, 1.82) is 0 Å². The predicted molar refractivity (Wildman–Crippen MR) is 73.2 cm³/mol. The molecule has 0 unspecified atom stereocenters. The van der Waals surface area contributed by atoms with Gasteiger partial charge in [-0.1, -0.05) is 0 Å². The average Bonchev–Trinajstić information content (AvgIpc) is 2.26. The lowest BCUT2D eigenvalue weighted by Gasteiger charge is -2.25. The van der Waals surface area contributed by atoms with Crippen LogP contribution in [0.25, 0.3) is 0 Å². The Morgan fingerprint density at radius 1 is 1.24 bits per heavy atom. The minimum absolute atomic E-state index is 0.0124. The van der Waals surface area contributed by atoms with Gasteiger partial charge < -0.3 is 15.4 Å². The normalized spacial score (nSPS) is 18.9. The minimum atomic E-state index is -0.0124. The third kappa shape index (κ3) is 7.74. The summed E-state index contributed by atoms with van der Waals surface area (Å²) in [6, 6.07) is 0. The van der Waals surface area contributed by atoms with Crippen LogP contribution >= 0.6 is 0 Å². The Hall–Kier alpha value is -0.120. The van der Waals surface area contributed by atoms with Gasteiger partial charge in [0.15, 0.2) is 0 Å². The smallest absolute Gasteiger partial charge is 0.0468 e. The van der Waals surface area contributed by atoms with Gasteiger partial charge in [0.05, 0.1) is 0 Å². The maximum atomic E-state index is 5.98. The molecule has 2 N–H and O–H groups in total. The third-order valence-electron chi connectivity index (χ3n) is 3.62. The van der Waals surface area contributed by atoms with Crippen molar-refractivity contribution in [3.8, 4) is 0 Å². The van der Waals surface area contributed by atoms with Gasteiger partial charge >= 0.3 is 0 Å². The first-order valence-electron chi connectivity index (χ1n) is 7.02. The molecule has 1 saturated heterocycles. The van der Waals surface area contributed by atoms with Crippen LogP contribution in [0.4, 0.5) is 0 Å². The van der Waals surface area contributed by atoms with E-state index in [2.05, 4.69) is 25.8 Å². The molecule has 0 saturated carbocycles. The standard InChI is InChI=1S/C14H30N2O/c1-14(2,15)8-4-9-16(3)10-5-13-6-11-17-12-7-13/h13H,4-12,15H2,1-3H3. The molecule has 0 aliphatic carbocycles. The largest absolute Gasteiger partial charge is 0.381 e. The number of nitrogens with two attached hydrogens (primary N) is 1. The second-order valence-corrected chi connectivity index (χ2v) is 6.24. The topological polar surface area (TPSA) is 38.5 Å². The van der Waals surface area contributed by atoms with Gasteiger partial charge in [-0.25, -0.2) is 0 Å². The van der Waals surface area contributed by atoms with Crippen molar-refractivity contribution in [1.82, 2.24) is 4.90 Å². The third-order valence-corrected chi connectivity index (χ3v) is 3.62. The van der Waals surface area contributed by atoms with E-state index >= 15 is 0 Å². The summed E-state index contributed by atoms with van der Waals surface area (Å²) in [5.74, 6) is 0.886. The fourth-order valence-electron chi connectivity index (χ4n) is 2.35. The molecule has 0 atom stereocenters. The van der Waals surface area contributed by atoms with E-state index in [1.165, 1.54) is 38.8 Å². The molecule has 0 aromatic heterocycles. The van der Waals surface area contributed by atoms with Crippen molar-refractivity contribution >= 4 is 0 Å². The Morgan fingerprint density at radius 2 is 1.88 bits per heavy atom. The second-order valence-electron chi connectivity index (χ2n) is 6.24. The number of hydrogen-bond donors (Lipinski definition) is 1. The number of hydrogen-bond acceptors (Lipinski definition) is 3. The zero-order chi connectivity index (χ0) is 12.7. The van der Waals surface area contributed by atoms with Crippen molar-refractivity contribution in [2.45, 2.75) is 51.5 Å². The SMILES string of the molecule is CN(CCCC(C)(C)N)CCC1CCOCC1. The summed E-state index contributed by atoms with van der Waals surface area (Å²) in [6.07, 6.45) is 6.14. The summed E-state index contributed by atoms with van der Waals surface area (Å²) >= 11 is 0. The molecule has 0 aromatic carbocycles. The van der Waals surface area contributed by atoms with Gasteiger partial charge in [0.2, 0.25) is 0 Å². The first kappa shape index (κ1) is 14.9. The quantitative estimate of drug-likeness (QED) is 0.744. The molecule has 0 amide bonds. The summed E-state index contributed by atoms with van der Waals surface area (Å²) in [4.78, 5) is 2.45. The highest BCUT2D eigenvalue weighted by Crippen LogP contribution is 2.18. The van der Waals surface area contributed by atoms with Gasteiger partial charge in [-0.15, -0.1) is 0 Å². The Labute approximate surface area is 107 Å². The van der Waals surface area contributed by atoms with Crippen LogP contribution in [0.5, 0.6) is 0 Å². The summed E-state index contributed by atoms with van der Waals surface area (Å²) < 4.78 is 5.38. The molecule has 17 heavy (non-hydrogen) atoms. The summed E-state index contributed by atoms with van der Waals surface area (Å²) in [7, 11) is 2.23. The van der Waals surface area contributed by atoms with Crippen LogP contribution in [0.1, 0.15) is 46.0 Å². The van der Waals surface area contributed by atoms with E-state index in [9.17, 15) is 0 Å². The maximum absolute atomic E-state index is 5.98. The van der Waals surface area contributed by atoms with E-state index in [1.54, 1.807) is 0 Å². The Balaban J connectivity index is 2.02. The van der Waals surface area contributed by atoms with Gasteiger partial charge in [-0.3, -0.25) is 0 Å². The van der Waals surface area contributed by atoms with Crippen LogP contribution in [0.15, 0.2) is 0 Å². The zero-order valence-electron chi connectivity index (χ0n) is 11.9. The fraction of sp³-hybridized carbons (Fsp3) is 1.00. The van der Waals surface area contributed by atoms with Crippen molar-refractivity contribution < 1.29 is 4.74 Å². The molecule has 1 heterocycles. The highest BCUT2D eigenvalue weighted by Gasteiger charge is 2.14. The van der Waals surface area contributed by atoms with E-state index in [-0.39, 0.29) is 5.54 Å². The van der Waals surface area contributed by atoms with Crippen molar-refractivity contribution in [3.05, 3.63) is 0 Å². The first-order valence-corrected chi connectivity index (χ1v) is 7.02. The van der Waals surface area contributed by atoms with Crippen LogP contribution in [0, 0.1) is 5.92 Å². The molecule has 0 spiro atoms. The highest BCUT2D eigenvalue weighted by molar-refractivity contribution is 4.72. The van der Waals surface area contributed by atoms with Gasteiger partial charge in [0.25, 0.3) is 0 Å². The highest BCUT2D eigenvalue weighted by atomic mass is 16.5. The second kappa shape index (κ2) is 7.34. The Morgan fingerprint density at radius 3 is 2.47 bits per heavy atom. The van der Waals surface area contributed by atoms with E-state index in [4.69, 9.17) is 10.5 Å². The molecular formula is C14H30N2O. The van der Waals surface area contributed by atoms with Crippen LogP contribution < -0.4 is 5.73 Å². The van der Waals surface area contributed by atoms with Gasteiger partial charge in [-0.2, -0.15) is 0 Å². The Kier molecular flexibility index (Phi) is 6.45. The number of ether oxygens (including phenoxy) is 1. The lowest BCUT2D eigenvalue weighted by atomic mass is 9.96. The molecule has 0 radical (unpaired) electrons. The van der Waals surface area contributed by atoms with Gasteiger partial charge in [-0.05, 0) is 72.0 Å². The fourth-order valence-corrected chi connectivity index (χ4v) is 2.35. The molecule has 1 rings (SSSR count). The van der Waals surface area contributed by atoms with Crippen molar-refractivity contribution in [2.75, 3.05) is 33.4 Å². The van der Waals surface area contributed by atoms with Crippen molar-refractivity contribution in [2.24, 2.45) is 11.7 Å². The van der Waals surface area contributed by atoms with Crippen LogP contribution in [0.2, 0.25) is 0 Å². The lowest BCUT2D eigenvalue weighted by molar-refractivity contribution is 0.0609. The molecular weight excluding hydrogens is 212 g/mol. The maximum Gasteiger partial charge on any atom is 0.0468 e. The van der Waals surface area contributed by atoms with E-state index in [0.29, 0.717) is 0 Å². The zero-order valence-corrected chi connectivity index (χ0v) is 11.9. The molecule has 3 heteroatoms. The van der Waals surface area contributed by atoms with E-state index < -0.39 is 0 Å². The van der Waals surface area contributed by atoms with Crippen molar-refractivity contribution in [3.63, 3.8) is 0 Å². The molecule has 1 fully saturated rings. The van der Waals surface area contributed by atoms with Crippen LogP contribution in [-0.4, -0.2) is 43.8 Å². The van der Waals surface area contributed by atoms with Crippen LogP contribution in [0.3, 0.4) is 0 Å². The molecule has 0 aromatic rings. The predicted octanol–water partition coefficient (Wildman–Crippen LogP) is 2.25. The van der Waals surface area contributed by atoms with Crippen LogP contribution in [-0.2, 0) is 4.74 Å². The van der Waals surface area contributed by atoms with Gasteiger partial charge in [0, 0.05) is 18.8 Å². The number of nitrogens with zero attached hydrogens (tertiary/aromatic N) is 1. The minimum Gasteiger partial charge on any atom is -0.381 e. The van der Waals surface area contributed by atoms with Gasteiger partial charge in [0.1, 0.15) is 0 Å². The van der Waals surface area contributed by atoms with E-state index in [0.717, 1.165) is 25.6 Å². The average molecular weight is 242 g/mol. The summed E-state index contributed by atoms with van der Waals surface area (Å²) in [5, 5.41) is 0. The first-order chi connectivity index (χ1) is 7.97. The van der Waals surface area contributed by atoms with E-state index in [1.807, 2.05) is 0 Å². The summed E-state index contributed by atoms with van der Waals surface area (Å²) in [6.45, 7) is 8.54. The summed E-state index contributed by atoms with van der Waals surface area (Å²) in [5.41, 5.74) is 5.97. The molecule has 102 valence electrons. The molecule has 0 bridgehead atoms. The molecule has 3 nitrogen and oxygen atoms in total. The molecule has 1 aliphatic rings. The monoisotopic (exact) mass is 242 g/mol. The molecule has 1 aliphatic heterocycles. The number of rotatable bonds is 7. The Bertz CT molecular complexity index is 195.